The van der Waals surface area contributed by atoms with E-state index in [-0.39, 0.29) is 11.7 Å². The number of ether oxygens (including phenoxy) is 2. The lowest BCUT2D eigenvalue weighted by Crippen LogP contribution is -2.03. The maximum absolute atomic E-state index is 10.9. The van der Waals surface area contributed by atoms with E-state index < -0.39 is 5.97 Å². The van der Waals surface area contributed by atoms with Gasteiger partial charge in [0, 0.05) is 6.92 Å². The highest BCUT2D eigenvalue weighted by Crippen LogP contribution is 2.01. The van der Waals surface area contributed by atoms with Crippen molar-refractivity contribution in [1.82, 2.24) is 0 Å². The molecule has 5 nitrogen and oxygen atoms in total. The number of hydrogen-bond donors (Lipinski definition) is 0. The molecule has 0 aromatic carbocycles. The zero-order chi connectivity index (χ0) is 13.8. The molecule has 1 rings (SSSR count). The first kappa shape index (κ1) is 16.2. The van der Waals surface area contributed by atoms with Crippen LogP contribution >= 0.6 is 0 Å². The number of rotatable bonds is 5. The Bertz CT molecular complexity index is 329. The summed E-state index contributed by atoms with van der Waals surface area (Å²) < 4.78 is 14.2. The predicted octanol–water partition coefficient (Wildman–Crippen LogP) is 2.81. The van der Waals surface area contributed by atoms with Gasteiger partial charge in [-0.1, -0.05) is 13.8 Å². The molecule has 1 aromatic rings. The second-order valence-corrected chi connectivity index (χ2v) is 3.45. The van der Waals surface area contributed by atoms with Crippen molar-refractivity contribution >= 4 is 11.9 Å². The van der Waals surface area contributed by atoms with Crippen LogP contribution in [-0.2, 0) is 14.3 Å². The van der Waals surface area contributed by atoms with Crippen LogP contribution in [0.5, 0.6) is 0 Å². The van der Waals surface area contributed by atoms with Gasteiger partial charge in [-0.3, -0.25) is 4.79 Å². The molecule has 0 aliphatic carbocycles. The maximum Gasteiger partial charge on any atom is 0.374 e. The Balaban J connectivity index is 0.000000360. The van der Waals surface area contributed by atoms with E-state index in [1.54, 1.807) is 12.1 Å². The molecule has 0 amide bonds. The number of furan rings is 1. The summed E-state index contributed by atoms with van der Waals surface area (Å²) >= 11 is 0. The molecule has 1 aromatic heterocycles. The second-order valence-electron chi connectivity index (χ2n) is 3.45. The third-order valence-electron chi connectivity index (χ3n) is 1.67. The average molecular weight is 256 g/mol. The minimum absolute atomic E-state index is 0.193. The van der Waals surface area contributed by atoms with E-state index in [4.69, 9.17) is 9.15 Å². The largest absolute Gasteiger partial charge is 0.466 e. The van der Waals surface area contributed by atoms with Crippen molar-refractivity contribution in [2.24, 2.45) is 0 Å². The normalized spacial score (nSPS) is 9.06. The third kappa shape index (κ3) is 8.38. The number of carbonyl (C=O) groups is 2. The standard InChI is InChI=1S/C8H10O3.C5H10O2/c1-2-5-11-8(9)7-4-3-6-10-7;1-3-4-7-5(2)6/h3-4,6H,2,5H2,1H3;3-4H2,1-2H3. The zero-order valence-electron chi connectivity index (χ0n) is 11.1. The number of hydrogen-bond acceptors (Lipinski definition) is 5. The number of esters is 2. The Hall–Kier alpha value is -1.78. The lowest BCUT2D eigenvalue weighted by Gasteiger charge is -1.97. The molecular weight excluding hydrogens is 236 g/mol. The van der Waals surface area contributed by atoms with Gasteiger partial charge in [0.1, 0.15) is 0 Å². The fourth-order valence-electron chi connectivity index (χ4n) is 0.906. The molecule has 0 bridgehead atoms. The van der Waals surface area contributed by atoms with Crippen molar-refractivity contribution in [3.8, 4) is 0 Å². The summed E-state index contributed by atoms with van der Waals surface area (Å²) in [4.78, 5) is 20.9. The smallest absolute Gasteiger partial charge is 0.374 e. The van der Waals surface area contributed by atoms with Crippen molar-refractivity contribution in [2.45, 2.75) is 33.6 Å². The Labute approximate surface area is 107 Å². The topological polar surface area (TPSA) is 65.7 Å². The molecule has 5 heteroatoms. The molecule has 102 valence electrons. The molecule has 1 heterocycles. The predicted molar refractivity (Wildman–Crippen MR) is 66.2 cm³/mol. The van der Waals surface area contributed by atoms with Crippen molar-refractivity contribution in [3.63, 3.8) is 0 Å². The van der Waals surface area contributed by atoms with Gasteiger partial charge in [-0.2, -0.15) is 0 Å². The zero-order valence-corrected chi connectivity index (χ0v) is 11.1. The van der Waals surface area contributed by atoms with Crippen LogP contribution in [0.4, 0.5) is 0 Å². The van der Waals surface area contributed by atoms with E-state index in [1.165, 1.54) is 13.2 Å². The highest BCUT2D eigenvalue weighted by molar-refractivity contribution is 5.86. The third-order valence-corrected chi connectivity index (χ3v) is 1.67. The fraction of sp³-hybridized carbons (Fsp3) is 0.538. The van der Waals surface area contributed by atoms with Gasteiger partial charge >= 0.3 is 11.9 Å². The monoisotopic (exact) mass is 256 g/mol. The van der Waals surface area contributed by atoms with Crippen molar-refractivity contribution < 1.29 is 23.5 Å². The van der Waals surface area contributed by atoms with E-state index in [0.29, 0.717) is 13.2 Å². The minimum atomic E-state index is -0.392. The highest BCUT2D eigenvalue weighted by atomic mass is 16.5. The van der Waals surface area contributed by atoms with E-state index in [2.05, 4.69) is 4.74 Å². The van der Waals surface area contributed by atoms with Gasteiger partial charge in [0.2, 0.25) is 5.76 Å². The lowest BCUT2D eigenvalue weighted by atomic mass is 10.4. The quantitative estimate of drug-likeness (QED) is 0.758. The molecule has 0 saturated carbocycles. The van der Waals surface area contributed by atoms with Crippen molar-refractivity contribution in [2.75, 3.05) is 13.2 Å². The highest BCUT2D eigenvalue weighted by Gasteiger charge is 2.07. The van der Waals surface area contributed by atoms with Gasteiger partial charge in [-0.25, -0.2) is 4.79 Å². The lowest BCUT2D eigenvalue weighted by molar-refractivity contribution is -0.140. The molecule has 0 radical (unpaired) electrons. The molecule has 18 heavy (non-hydrogen) atoms. The Morgan fingerprint density at radius 2 is 1.78 bits per heavy atom. The average Bonchev–Trinajstić information content (AvgIpc) is 2.88. The molecule has 0 spiro atoms. The summed E-state index contributed by atoms with van der Waals surface area (Å²) in [6.45, 7) is 6.31. The molecule has 0 unspecified atom stereocenters. The maximum atomic E-state index is 10.9. The van der Waals surface area contributed by atoms with E-state index >= 15 is 0 Å². The van der Waals surface area contributed by atoms with Crippen LogP contribution in [0.2, 0.25) is 0 Å². The van der Waals surface area contributed by atoms with Crippen LogP contribution in [-0.4, -0.2) is 25.2 Å². The summed E-state index contributed by atoms with van der Waals surface area (Å²) in [6, 6.07) is 3.24. The van der Waals surface area contributed by atoms with Gasteiger partial charge < -0.3 is 13.9 Å². The van der Waals surface area contributed by atoms with Gasteiger partial charge in [-0.15, -0.1) is 0 Å². The summed E-state index contributed by atoms with van der Waals surface area (Å²) in [6.07, 6.45) is 3.18. The molecular formula is C13H20O5. The molecule has 0 saturated heterocycles. The van der Waals surface area contributed by atoms with Crippen LogP contribution < -0.4 is 0 Å². The first-order chi connectivity index (χ1) is 8.61. The fourth-order valence-corrected chi connectivity index (χ4v) is 0.906. The molecule has 0 aliphatic heterocycles. The SMILES string of the molecule is CCCOC(=O)c1ccco1.CCCOC(C)=O. The van der Waals surface area contributed by atoms with Crippen LogP contribution in [0.1, 0.15) is 44.2 Å². The van der Waals surface area contributed by atoms with Gasteiger partial charge in [-0.05, 0) is 25.0 Å². The first-order valence-electron chi connectivity index (χ1n) is 5.95. The second kappa shape index (κ2) is 10.4. The Morgan fingerprint density at radius 3 is 2.17 bits per heavy atom. The van der Waals surface area contributed by atoms with Crippen LogP contribution in [0.25, 0.3) is 0 Å². The van der Waals surface area contributed by atoms with E-state index in [0.717, 1.165) is 12.8 Å². The van der Waals surface area contributed by atoms with Gasteiger partial charge in [0.05, 0.1) is 19.5 Å². The minimum Gasteiger partial charge on any atom is -0.466 e. The first-order valence-corrected chi connectivity index (χ1v) is 5.95. The molecule has 0 aliphatic rings. The molecule has 0 N–H and O–H groups in total. The van der Waals surface area contributed by atoms with E-state index in [1.807, 2.05) is 13.8 Å². The molecule has 0 atom stereocenters. The Kier molecular flexibility index (Phi) is 9.35. The summed E-state index contributed by atoms with van der Waals surface area (Å²) in [5.74, 6) is -0.322. The van der Waals surface area contributed by atoms with Crippen molar-refractivity contribution in [3.05, 3.63) is 24.2 Å². The van der Waals surface area contributed by atoms with Crippen LogP contribution in [0.3, 0.4) is 0 Å². The Morgan fingerprint density at radius 1 is 1.17 bits per heavy atom. The van der Waals surface area contributed by atoms with Crippen LogP contribution in [0.15, 0.2) is 22.8 Å². The van der Waals surface area contributed by atoms with Gasteiger partial charge in [0.25, 0.3) is 0 Å². The van der Waals surface area contributed by atoms with Gasteiger partial charge in [0.15, 0.2) is 0 Å². The van der Waals surface area contributed by atoms with Crippen LogP contribution in [0, 0.1) is 0 Å². The summed E-state index contributed by atoms with van der Waals surface area (Å²) in [5, 5.41) is 0. The summed E-state index contributed by atoms with van der Waals surface area (Å²) in [7, 11) is 0. The van der Waals surface area contributed by atoms with Crippen molar-refractivity contribution in [1.29, 1.82) is 0 Å². The van der Waals surface area contributed by atoms with E-state index in [9.17, 15) is 9.59 Å². The number of carbonyl (C=O) groups excluding carboxylic acids is 2. The molecule has 0 fully saturated rings. The summed E-state index contributed by atoms with van der Waals surface area (Å²) in [5.41, 5.74) is 0.